The number of para-hydroxylation sites is 1. The number of benzene rings is 2. The van der Waals surface area contributed by atoms with Gasteiger partial charge in [0.1, 0.15) is 0 Å². The summed E-state index contributed by atoms with van der Waals surface area (Å²) in [5.41, 5.74) is 3.25. The standard InChI is InChI=1S/C24H30N2O4/c1-2-30-24(29)19-12-10-18(11-13-19)22(23(28)25-14-17-27)20-8-4-5-9-21(20)26-15-6-3-7-16-26/h4-5,8-13,22,27H,2-3,6-7,14-17H2,1H3,(H,25,28). The maximum Gasteiger partial charge on any atom is 0.338 e. The van der Waals surface area contributed by atoms with E-state index < -0.39 is 5.92 Å². The van der Waals surface area contributed by atoms with E-state index in [1.807, 2.05) is 30.3 Å². The number of rotatable bonds is 8. The molecule has 30 heavy (non-hydrogen) atoms. The molecule has 1 aliphatic rings. The van der Waals surface area contributed by atoms with Crippen LogP contribution in [0.1, 0.15) is 53.6 Å². The van der Waals surface area contributed by atoms with Crippen molar-refractivity contribution in [2.45, 2.75) is 32.1 Å². The van der Waals surface area contributed by atoms with Gasteiger partial charge in [0.15, 0.2) is 0 Å². The van der Waals surface area contributed by atoms with E-state index in [-0.39, 0.29) is 25.0 Å². The van der Waals surface area contributed by atoms with Crippen LogP contribution in [-0.4, -0.2) is 49.8 Å². The van der Waals surface area contributed by atoms with Crippen LogP contribution in [0.5, 0.6) is 0 Å². The Kier molecular flexibility index (Phi) is 7.85. The number of nitrogens with zero attached hydrogens (tertiary/aromatic N) is 1. The van der Waals surface area contributed by atoms with Gasteiger partial charge >= 0.3 is 5.97 Å². The third-order valence-electron chi connectivity index (χ3n) is 5.37. The molecule has 6 heteroatoms. The Balaban J connectivity index is 1.98. The summed E-state index contributed by atoms with van der Waals surface area (Å²) in [6.45, 7) is 4.12. The molecule has 0 saturated carbocycles. The zero-order valence-electron chi connectivity index (χ0n) is 17.5. The van der Waals surface area contributed by atoms with Crippen LogP contribution < -0.4 is 10.2 Å². The minimum absolute atomic E-state index is 0.117. The number of anilines is 1. The van der Waals surface area contributed by atoms with Crippen molar-refractivity contribution in [3.05, 3.63) is 65.2 Å². The first kappa shape index (κ1) is 21.8. The fourth-order valence-corrected chi connectivity index (χ4v) is 3.93. The van der Waals surface area contributed by atoms with E-state index in [1.54, 1.807) is 19.1 Å². The molecule has 0 bridgehead atoms. The molecule has 0 spiro atoms. The lowest BCUT2D eigenvalue weighted by molar-refractivity contribution is -0.121. The number of esters is 1. The Morgan fingerprint density at radius 2 is 1.77 bits per heavy atom. The molecule has 1 saturated heterocycles. The highest BCUT2D eigenvalue weighted by atomic mass is 16.5. The summed E-state index contributed by atoms with van der Waals surface area (Å²) in [7, 11) is 0. The van der Waals surface area contributed by atoms with Crippen molar-refractivity contribution in [3.8, 4) is 0 Å². The lowest BCUT2D eigenvalue weighted by atomic mass is 9.88. The van der Waals surface area contributed by atoms with Gasteiger partial charge in [0.05, 0.1) is 24.7 Å². The molecule has 0 radical (unpaired) electrons. The van der Waals surface area contributed by atoms with Gasteiger partial charge in [0.25, 0.3) is 0 Å². The summed E-state index contributed by atoms with van der Waals surface area (Å²) < 4.78 is 5.06. The molecule has 1 atom stereocenters. The highest BCUT2D eigenvalue weighted by Gasteiger charge is 2.27. The number of carbonyl (C=O) groups is 2. The number of piperidine rings is 1. The fraction of sp³-hybridized carbons (Fsp3) is 0.417. The molecule has 1 aliphatic heterocycles. The number of hydrogen-bond donors (Lipinski definition) is 2. The smallest absolute Gasteiger partial charge is 0.338 e. The van der Waals surface area contributed by atoms with Gasteiger partial charge in [-0.2, -0.15) is 0 Å². The van der Waals surface area contributed by atoms with Gasteiger partial charge in [-0.05, 0) is 55.5 Å². The normalized spacial score (nSPS) is 14.8. The predicted octanol–water partition coefficient (Wildman–Crippen LogP) is 3.09. The molecule has 3 rings (SSSR count). The minimum Gasteiger partial charge on any atom is -0.462 e. The number of ether oxygens (including phenoxy) is 1. The molecule has 2 aromatic carbocycles. The van der Waals surface area contributed by atoms with Gasteiger partial charge < -0.3 is 20.1 Å². The first-order valence-electron chi connectivity index (χ1n) is 10.6. The molecule has 2 N–H and O–H groups in total. The van der Waals surface area contributed by atoms with Crippen LogP contribution in [0, 0.1) is 0 Å². The second kappa shape index (κ2) is 10.8. The van der Waals surface area contributed by atoms with Gasteiger partial charge in [0, 0.05) is 25.3 Å². The van der Waals surface area contributed by atoms with Crippen molar-refractivity contribution in [2.24, 2.45) is 0 Å². The summed E-state index contributed by atoms with van der Waals surface area (Å²) in [6.07, 6.45) is 3.52. The van der Waals surface area contributed by atoms with Crippen molar-refractivity contribution < 1.29 is 19.4 Å². The molecule has 0 aliphatic carbocycles. The highest BCUT2D eigenvalue weighted by molar-refractivity contribution is 5.91. The Hall–Kier alpha value is -2.86. The third-order valence-corrected chi connectivity index (χ3v) is 5.37. The fourth-order valence-electron chi connectivity index (χ4n) is 3.93. The van der Waals surface area contributed by atoms with E-state index in [0.717, 1.165) is 42.7 Å². The summed E-state index contributed by atoms with van der Waals surface area (Å²) in [5.74, 6) is -1.08. The molecular formula is C24H30N2O4. The largest absolute Gasteiger partial charge is 0.462 e. The van der Waals surface area contributed by atoms with Crippen molar-refractivity contribution in [1.29, 1.82) is 0 Å². The first-order chi connectivity index (χ1) is 14.7. The topological polar surface area (TPSA) is 78.9 Å². The van der Waals surface area contributed by atoms with Gasteiger partial charge in [-0.15, -0.1) is 0 Å². The Morgan fingerprint density at radius 1 is 1.07 bits per heavy atom. The van der Waals surface area contributed by atoms with Crippen molar-refractivity contribution >= 4 is 17.6 Å². The molecule has 160 valence electrons. The van der Waals surface area contributed by atoms with Gasteiger partial charge in [0.2, 0.25) is 5.91 Å². The number of amides is 1. The third kappa shape index (κ3) is 5.19. The van der Waals surface area contributed by atoms with Crippen LogP contribution in [0.3, 0.4) is 0 Å². The van der Waals surface area contributed by atoms with E-state index in [1.165, 1.54) is 6.42 Å². The number of hydrogen-bond acceptors (Lipinski definition) is 5. The maximum atomic E-state index is 13.1. The van der Waals surface area contributed by atoms with Crippen LogP contribution in [0.4, 0.5) is 5.69 Å². The van der Waals surface area contributed by atoms with Crippen LogP contribution in [-0.2, 0) is 9.53 Å². The summed E-state index contributed by atoms with van der Waals surface area (Å²) in [6, 6.07) is 15.0. The zero-order chi connectivity index (χ0) is 21.3. The molecule has 1 fully saturated rings. The van der Waals surface area contributed by atoms with Crippen molar-refractivity contribution in [3.63, 3.8) is 0 Å². The molecule has 1 heterocycles. The summed E-state index contributed by atoms with van der Waals surface area (Å²) >= 11 is 0. The Morgan fingerprint density at radius 3 is 2.43 bits per heavy atom. The van der Waals surface area contributed by atoms with Gasteiger partial charge in [-0.25, -0.2) is 4.79 Å². The first-order valence-corrected chi connectivity index (χ1v) is 10.6. The molecular weight excluding hydrogens is 380 g/mol. The van der Waals surface area contributed by atoms with Crippen molar-refractivity contribution in [1.82, 2.24) is 5.32 Å². The average Bonchev–Trinajstić information content (AvgIpc) is 2.79. The van der Waals surface area contributed by atoms with Crippen LogP contribution in [0.15, 0.2) is 48.5 Å². The highest BCUT2D eigenvalue weighted by Crippen LogP contribution is 2.34. The predicted molar refractivity (Wildman–Crippen MR) is 117 cm³/mol. The second-order valence-electron chi connectivity index (χ2n) is 7.40. The quantitative estimate of drug-likeness (QED) is 0.654. The van der Waals surface area contributed by atoms with E-state index in [9.17, 15) is 14.7 Å². The molecule has 2 aromatic rings. The Bertz CT molecular complexity index is 845. The lowest BCUT2D eigenvalue weighted by Gasteiger charge is -2.32. The monoisotopic (exact) mass is 410 g/mol. The van der Waals surface area contributed by atoms with E-state index in [0.29, 0.717) is 12.2 Å². The number of aliphatic hydroxyl groups excluding tert-OH is 1. The lowest BCUT2D eigenvalue weighted by Crippen LogP contribution is -2.35. The van der Waals surface area contributed by atoms with Crippen molar-refractivity contribution in [2.75, 3.05) is 37.7 Å². The van der Waals surface area contributed by atoms with E-state index in [2.05, 4.69) is 16.3 Å². The molecule has 1 unspecified atom stereocenters. The van der Waals surface area contributed by atoms with Gasteiger partial charge in [-0.3, -0.25) is 4.79 Å². The zero-order valence-corrected chi connectivity index (χ0v) is 17.5. The summed E-state index contributed by atoms with van der Waals surface area (Å²) in [5, 5.41) is 12.0. The molecule has 6 nitrogen and oxygen atoms in total. The van der Waals surface area contributed by atoms with E-state index in [4.69, 9.17) is 4.74 Å². The maximum absolute atomic E-state index is 13.1. The minimum atomic E-state index is -0.536. The molecule has 1 amide bonds. The number of nitrogens with one attached hydrogen (secondary N) is 1. The van der Waals surface area contributed by atoms with Crippen LogP contribution >= 0.6 is 0 Å². The molecule has 0 aromatic heterocycles. The van der Waals surface area contributed by atoms with E-state index >= 15 is 0 Å². The Labute approximate surface area is 177 Å². The number of aliphatic hydroxyl groups is 1. The second-order valence-corrected chi connectivity index (χ2v) is 7.40. The van der Waals surface area contributed by atoms with Crippen LogP contribution in [0.25, 0.3) is 0 Å². The number of carbonyl (C=O) groups excluding carboxylic acids is 2. The summed E-state index contributed by atoms with van der Waals surface area (Å²) in [4.78, 5) is 27.5. The van der Waals surface area contributed by atoms with Crippen LogP contribution in [0.2, 0.25) is 0 Å². The van der Waals surface area contributed by atoms with Gasteiger partial charge in [-0.1, -0.05) is 30.3 Å². The SMILES string of the molecule is CCOC(=O)c1ccc(C(C(=O)NCCO)c2ccccc2N2CCCCC2)cc1. The average molecular weight is 411 g/mol.